The summed E-state index contributed by atoms with van der Waals surface area (Å²) in [5, 5.41) is 8.53. The van der Waals surface area contributed by atoms with Gasteiger partial charge >= 0.3 is 0 Å². The number of halogens is 2. The van der Waals surface area contributed by atoms with E-state index in [1.807, 2.05) is 60.7 Å². The fourth-order valence-electron chi connectivity index (χ4n) is 2.75. The van der Waals surface area contributed by atoms with Gasteiger partial charge in [-0.1, -0.05) is 60.7 Å². The fourth-order valence-corrected chi connectivity index (χ4v) is 2.75. The molecule has 122 valence electrons. The zero-order chi connectivity index (χ0) is 17.2. The van der Waals surface area contributed by atoms with Crippen molar-refractivity contribution in [3.8, 4) is 28.5 Å². The molecule has 0 aliphatic carbocycles. The Balaban J connectivity index is 2.00. The molecule has 0 atom stereocenters. The highest BCUT2D eigenvalue weighted by atomic mass is 19.1. The van der Waals surface area contributed by atoms with Crippen LogP contribution in [0.1, 0.15) is 0 Å². The average molecular weight is 333 g/mol. The van der Waals surface area contributed by atoms with Gasteiger partial charge in [-0.05, 0) is 12.1 Å². The Bertz CT molecular complexity index is 935. The van der Waals surface area contributed by atoms with Crippen LogP contribution in [0.4, 0.5) is 8.78 Å². The van der Waals surface area contributed by atoms with E-state index in [-0.39, 0.29) is 0 Å². The first-order valence-electron chi connectivity index (χ1n) is 7.75. The summed E-state index contributed by atoms with van der Waals surface area (Å²) < 4.78 is 29.3. The molecule has 0 aliphatic heterocycles. The lowest BCUT2D eigenvalue weighted by atomic mass is 10.1. The fraction of sp³-hybridized carbons (Fsp3) is 0. The summed E-state index contributed by atoms with van der Waals surface area (Å²) in [6.07, 6.45) is 0. The molecule has 1 heterocycles. The van der Waals surface area contributed by atoms with Crippen LogP contribution in [0, 0.1) is 11.6 Å². The number of nitrogens with zero attached hydrogens (tertiary/aromatic N) is 3. The Kier molecular flexibility index (Phi) is 3.82. The molecule has 1 aromatic heterocycles. The van der Waals surface area contributed by atoms with Crippen LogP contribution in [0.15, 0.2) is 78.9 Å². The number of rotatable bonds is 3. The standard InChI is InChI=1S/C20H13F2N3/c21-16-11-17(22)13-18(12-16)25-19(14-7-3-1-4-8-14)23-24-20(25)15-9-5-2-6-10-15/h1-13H. The zero-order valence-electron chi connectivity index (χ0n) is 13.1. The lowest BCUT2D eigenvalue weighted by molar-refractivity contribution is 0.581. The normalized spacial score (nSPS) is 10.8. The Morgan fingerprint density at radius 3 is 1.48 bits per heavy atom. The van der Waals surface area contributed by atoms with E-state index in [9.17, 15) is 8.78 Å². The van der Waals surface area contributed by atoms with Crippen molar-refractivity contribution in [3.05, 3.63) is 90.5 Å². The summed E-state index contributed by atoms with van der Waals surface area (Å²) in [5.41, 5.74) is 1.95. The quantitative estimate of drug-likeness (QED) is 0.535. The van der Waals surface area contributed by atoms with Gasteiger partial charge in [-0.2, -0.15) is 0 Å². The van der Waals surface area contributed by atoms with Gasteiger partial charge in [-0.3, -0.25) is 4.57 Å². The van der Waals surface area contributed by atoms with Crippen molar-refractivity contribution in [2.24, 2.45) is 0 Å². The molecule has 0 spiro atoms. The average Bonchev–Trinajstić information content (AvgIpc) is 3.07. The van der Waals surface area contributed by atoms with Crippen LogP contribution in [0.2, 0.25) is 0 Å². The molecule has 0 saturated carbocycles. The summed E-state index contributed by atoms with van der Waals surface area (Å²) in [7, 11) is 0. The third-order valence-electron chi connectivity index (χ3n) is 3.83. The third-order valence-corrected chi connectivity index (χ3v) is 3.83. The minimum absolute atomic E-state index is 0.334. The van der Waals surface area contributed by atoms with E-state index in [1.54, 1.807) is 4.57 Å². The molecule has 3 nitrogen and oxygen atoms in total. The third kappa shape index (κ3) is 2.92. The van der Waals surface area contributed by atoms with Crippen molar-refractivity contribution >= 4 is 0 Å². The van der Waals surface area contributed by atoms with Crippen LogP contribution in [0.25, 0.3) is 28.5 Å². The van der Waals surface area contributed by atoms with Gasteiger partial charge in [0, 0.05) is 17.2 Å². The molecule has 0 unspecified atom stereocenters. The van der Waals surface area contributed by atoms with Crippen molar-refractivity contribution in [2.45, 2.75) is 0 Å². The smallest absolute Gasteiger partial charge is 0.168 e. The van der Waals surface area contributed by atoms with E-state index < -0.39 is 11.6 Å². The highest BCUT2D eigenvalue weighted by Gasteiger charge is 2.18. The summed E-state index contributed by atoms with van der Waals surface area (Å²) in [6.45, 7) is 0. The van der Waals surface area contributed by atoms with E-state index in [0.29, 0.717) is 17.3 Å². The summed E-state index contributed by atoms with van der Waals surface area (Å²) in [5.74, 6) is -0.266. The molecule has 4 aromatic rings. The van der Waals surface area contributed by atoms with Gasteiger partial charge in [-0.25, -0.2) is 8.78 Å². The van der Waals surface area contributed by atoms with E-state index in [2.05, 4.69) is 10.2 Å². The van der Waals surface area contributed by atoms with Crippen LogP contribution in [-0.2, 0) is 0 Å². The van der Waals surface area contributed by atoms with E-state index in [4.69, 9.17) is 0 Å². The highest BCUT2D eigenvalue weighted by Crippen LogP contribution is 2.28. The number of aromatic nitrogens is 3. The molecule has 0 amide bonds. The van der Waals surface area contributed by atoms with Crippen molar-refractivity contribution in [2.75, 3.05) is 0 Å². The van der Waals surface area contributed by atoms with Gasteiger partial charge in [0.2, 0.25) is 0 Å². The SMILES string of the molecule is Fc1cc(F)cc(-n2c(-c3ccccc3)nnc2-c2ccccc2)c1. The molecule has 0 fully saturated rings. The van der Waals surface area contributed by atoms with Crippen molar-refractivity contribution < 1.29 is 8.78 Å². The minimum Gasteiger partial charge on any atom is -0.275 e. The number of hydrogen-bond donors (Lipinski definition) is 0. The van der Waals surface area contributed by atoms with Gasteiger partial charge in [0.05, 0.1) is 5.69 Å². The molecule has 0 aliphatic rings. The predicted molar refractivity (Wildman–Crippen MR) is 92.1 cm³/mol. The van der Waals surface area contributed by atoms with Crippen LogP contribution in [-0.4, -0.2) is 14.8 Å². The molecule has 5 heteroatoms. The van der Waals surface area contributed by atoms with Crippen LogP contribution >= 0.6 is 0 Å². The summed E-state index contributed by atoms with van der Waals surface area (Å²) in [4.78, 5) is 0. The first kappa shape index (κ1) is 15.2. The predicted octanol–water partition coefficient (Wildman–Crippen LogP) is 4.88. The van der Waals surface area contributed by atoms with Crippen LogP contribution < -0.4 is 0 Å². The molecule has 3 aromatic carbocycles. The summed E-state index contributed by atoms with van der Waals surface area (Å²) >= 11 is 0. The molecule has 0 N–H and O–H groups in total. The minimum atomic E-state index is -0.651. The first-order valence-corrected chi connectivity index (χ1v) is 7.75. The van der Waals surface area contributed by atoms with E-state index in [0.717, 1.165) is 17.2 Å². The lowest BCUT2D eigenvalue weighted by Gasteiger charge is -2.11. The Hall–Kier alpha value is -3.34. The first-order chi connectivity index (χ1) is 12.2. The molecule has 0 radical (unpaired) electrons. The Morgan fingerprint density at radius 2 is 1.04 bits per heavy atom. The van der Waals surface area contributed by atoms with Gasteiger partial charge in [-0.15, -0.1) is 10.2 Å². The highest BCUT2D eigenvalue weighted by molar-refractivity contribution is 5.66. The lowest BCUT2D eigenvalue weighted by Crippen LogP contribution is -2.01. The van der Waals surface area contributed by atoms with E-state index >= 15 is 0 Å². The molecule has 0 saturated heterocycles. The number of benzene rings is 3. The monoisotopic (exact) mass is 333 g/mol. The van der Waals surface area contributed by atoms with Crippen molar-refractivity contribution in [1.29, 1.82) is 0 Å². The largest absolute Gasteiger partial charge is 0.275 e. The second-order valence-corrected chi connectivity index (χ2v) is 5.54. The Morgan fingerprint density at radius 1 is 0.600 bits per heavy atom. The number of hydrogen-bond acceptors (Lipinski definition) is 2. The van der Waals surface area contributed by atoms with Gasteiger partial charge in [0.15, 0.2) is 11.6 Å². The maximum Gasteiger partial charge on any atom is 0.168 e. The molecular formula is C20H13F2N3. The Labute approximate surface area is 143 Å². The topological polar surface area (TPSA) is 30.7 Å². The second-order valence-electron chi connectivity index (χ2n) is 5.54. The van der Waals surface area contributed by atoms with Crippen LogP contribution in [0.3, 0.4) is 0 Å². The van der Waals surface area contributed by atoms with Crippen molar-refractivity contribution in [1.82, 2.24) is 14.8 Å². The van der Waals surface area contributed by atoms with Gasteiger partial charge in [0.1, 0.15) is 11.6 Å². The second kappa shape index (κ2) is 6.28. The van der Waals surface area contributed by atoms with E-state index in [1.165, 1.54) is 12.1 Å². The summed E-state index contributed by atoms with van der Waals surface area (Å²) in [6, 6.07) is 22.2. The molecular weight excluding hydrogens is 320 g/mol. The van der Waals surface area contributed by atoms with Gasteiger partial charge < -0.3 is 0 Å². The molecule has 4 rings (SSSR count). The maximum atomic E-state index is 13.8. The van der Waals surface area contributed by atoms with Crippen LogP contribution in [0.5, 0.6) is 0 Å². The molecule has 25 heavy (non-hydrogen) atoms. The van der Waals surface area contributed by atoms with Gasteiger partial charge in [0.25, 0.3) is 0 Å². The molecule has 0 bridgehead atoms. The zero-order valence-corrected chi connectivity index (χ0v) is 13.1. The van der Waals surface area contributed by atoms with Crippen molar-refractivity contribution in [3.63, 3.8) is 0 Å². The maximum absolute atomic E-state index is 13.8.